The lowest BCUT2D eigenvalue weighted by Crippen LogP contribution is -2.26. The number of esters is 1. The van der Waals surface area contributed by atoms with Crippen LogP contribution < -0.4 is 5.73 Å². The fourth-order valence-electron chi connectivity index (χ4n) is 2.04. The van der Waals surface area contributed by atoms with E-state index in [1.54, 1.807) is 0 Å². The van der Waals surface area contributed by atoms with Crippen molar-refractivity contribution in [3.63, 3.8) is 0 Å². The highest BCUT2D eigenvalue weighted by molar-refractivity contribution is 5.87. The summed E-state index contributed by atoms with van der Waals surface area (Å²) >= 11 is 0. The van der Waals surface area contributed by atoms with E-state index in [1.165, 1.54) is 0 Å². The molecule has 1 atom stereocenters. The lowest BCUT2D eigenvalue weighted by molar-refractivity contribution is -0.149. The molecule has 2 rings (SSSR count). The predicted octanol–water partition coefficient (Wildman–Crippen LogP) is 2.43. The molecule has 18 heavy (non-hydrogen) atoms. The van der Waals surface area contributed by atoms with Gasteiger partial charge in [0.15, 0.2) is 0 Å². The smallest absolute Gasteiger partial charge is 0.329 e. The van der Waals surface area contributed by atoms with Crippen LogP contribution in [0.4, 0.5) is 0 Å². The number of aromatic amines is 1. The highest BCUT2D eigenvalue weighted by Crippen LogP contribution is 2.25. The van der Waals surface area contributed by atoms with E-state index >= 15 is 0 Å². The molecule has 0 saturated carbocycles. The number of hydrogen-bond donors (Lipinski definition) is 2. The van der Waals surface area contributed by atoms with E-state index in [2.05, 4.69) is 4.98 Å². The van der Waals surface area contributed by atoms with Crippen LogP contribution in [-0.4, -0.2) is 17.1 Å². The van der Waals surface area contributed by atoms with Gasteiger partial charge in [0.2, 0.25) is 0 Å². The highest BCUT2D eigenvalue weighted by atomic mass is 16.5. The van der Waals surface area contributed by atoms with Gasteiger partial charge in [-0.05, 0) is 32.4 Å². The monoisotopic (exact) mass is 246 g/mol. The summed E-state index contributed by atoms with van der Waals surface area (Å²) in [7, 11) is 0. The van der Waals surface area contributed by atoms with Gasteiger partial charge >= 0.3 is 5.97 Å². The largest absolute Gasteiger partial charge is 0.462 e. The molecule has 0 aliphatic rings. The Morgan fingerprint density at radius 3 is 2.61 bits per heavy atom. The Kier molecular flexibility index (Phi) is 3.39. The first-order valence-corrected chi connectivity index (χ1v) is 6.04. The average Bonchev–Trinajstić information content (AvgIpc) is 2.66. The second-order valence-corrected chi connectivity index (χ2v) is 4.67. The molecule has 96 valence electrons. The van der Waals surface area contributed by atoms with Crippen LogP contribution in [0.15, 0.2) is 24.3 Å². The number of aromatic nitrogens is 1. The van der Waals surface area contributed by atoms with E-state index in [9.17, 15) is 4.79 Å². The Balaban J connectivity index is 2.36. The molecule has 0 aliphatic heterocycles. The number of nitrogens with one attached hydrogen (secondary N) is 1. The molecule has 3 N–H and O–H groups in total. The molecule has 4 heteroatoms. The van der Waals surface area contributed by atoms with Crippen molar-refractivity contribution in [3.05, 3.63) is 35.5 Å². The summed E-state index contributed by atoms with van der Waals surface area (Å²) in [4.78, 5) is 15.0. The van der Waals surface area contributed by atoms with Crippen molar-refractivity contribution in [3.8, 4) is 0 Å². The minimum Gasteiger partial charge on any atom is -0.462 e. The van der Waals surface area contributed by atoms with Crippen molar-refractivity contribution >= 4 is 16.9 Å². The maximum Gasteiger partial charge on any atom is 0.329 e. The van der Waals surface area contributed by atoms with Crippen LogP contribution in [0.1, 0.15) is 31.1 Å². The number of rotatable bonds is 3. The molecule has 2 aromatic rings. The Labute approximate surface area is 106 Å². The lowest BCUT2D eigenvalue weighted by atomic mass is 10.1. The van der Waals surface area contributed by atoms with Gasteiger partial charge in [-0.2, -0.15) is 0 Å². The van der Waals surface area contributed by atoms with Gasteiger partial charge in [0, 0.05) is 16.6 Å². The van der Waals surface area contributed by atoms with Crippen LogP contribution >= 0.6 is 0 Å². The standard InChI is InChI=1S/C14H18N2O2/c1-8(2)18-14(17)12(15)13-9(3)10-6-4-5-7-11(10)16-13/h4-8,12,16H,15H2,1-3H3. The maximum absolute atomic E-state index is 11.8. The zero-order valence-electron chi connectivity index (χ0n) is 10.9. The van der Waals surface area contributed by atoms with Crippen LogP contribution in [0.25, 0.3) is 10.9 Å². The molecule has 0 fully saturated rings. The fraction of sp³-hybridized carbons (Fsp3) is 0.357. The van der Waals surface area contributed by atoms with E-state index in [0.29, 0.717) is 0 Å². The van der Waals surface area contributed by atoms with E-state index in [1.807, 2.05) is 45.0 Å². The number of ether oxygens (including phenoxy) is 1. The van der Waals surface area contributed by atoms with Crippen LogP contribution in [0, 0.1) is 6.92 Å². The molecule has 0 bridgehead atoms. The molecule has 1 unspecified atom stereocenters. The van der Waals surface area contributed by atoms with Gasteiger partial charge in [0.05, 0.1) is 6.10 Å². The zero-order valence-corrected chi connectivity index (χ0v) is 10.9. The number of carbonyl (C=O) groups excluding carboxylic acids is 1. The van der Waals surface area contributed by atoms with Gasteiger partial charge in [-0.1, -0.05) is 18.2 Å². The van der Waals surface area contributed by atoms with Crippen molar-refractivity contribution in [1.82, 2.24) is 4.98 Å². The summed E-state index contributed by atoms with van der Waals surface area (Å²) in [5, 5.41) is 1.08. The molecule has 4 nitrogen and oxygen atoms in total. The van der Waals surface area contributed by atoms with Crippen molar-refractivity contribution in [1.29, 1.82) is 0 Å². The topological polar surface area (TPSA) is 68.1 Å². The summed E-state index contributed by atoms with van der Waals surface area (Å²) in [5.41, 5.74) is 8.65. The predicted molar refractivity (Wildman–Crippen MR) is 71.2 cm³/mol. The average molecular weight is 246 g/mol. The van der Waals surface area contributed by atoms with Crippen molar-refractivity contribution in [2.45, 2.75) is 32.9 Å². The van der Waals surface area contributed by atoms with Gasteiger partial charge in [-0.25, -0.2) is 4.79 Å². The van der Waals surface area contributed by atoms with Gasteiger partial charge < -0.3 is 15.5 Å². The number of fused-ring (bicyclic) bond motifs is 1. The first-order valence-electron chi connectivity index (χ1n) is 6.04. The number of benzene rings is 1. The number of carbonyl (C=O) groups is 1. The van der Waals surface area contributed by atoms with Crippen LogP contribution in [0.3, 0.4) is 0 Å². The number of H-pyrrole nitrogens is 1. The quantitative estimate of drug-likeness (QED) is 0.817. The highest BCUT2D eigenvalue weighted by Gasteiger charge is 2.22. The summed E-state index contributed by atoms with van der Waals surface area (Å²) in [6, 6.07) is 7.11. The Bertz CT molecular complexity index is 572. The van der Waals surface area contributed by atoms with Crippen molar-refractivity contribution in [2.75, 3.05) is 0 Å². The minimum atomic E-state index is -0.764. The van der Waals surface area contributed by atoms with Gasteiger partial charge in [-0.3, -0.25) is 0 Å². The molecule has 0 amide bonds. The number of para-hydroxylation sites is 1. The number of nitrogens with two attached hydrogens (primary N) is 1. The first kappa shape index (κ1) is 12.6. The van der Waals surface area contributed by atoms with E-state index in [0.717, 1.165) is 22.2 Å². The summed E-state index contributed by atoms with van der Waals surface area (Å²) < 4.78 is 5.13. The summed E-state index contributed by atoms with van der Waals surface area (Å²) in [5.74, 6) is -0.403. The van der Waals surface area contributed by atoms with E-state index < -0.39 is 12.0 Å². The Morgan fingerprint density at radius 1 is 1.33 bits per heavy atom. The second-order valence-electron chi connectivity index (χ2n) is 4.67. The number of hydrogen-bond acceptors (Lipinski definition) is 3. The zero-order chi connectivity index (χ0) is 13.3. The van der Waals surface area contributed by atoms with Gasteiger partial charge in [0.1, 0.15) is 6.04 Å². The van der Waals surface area contributed by atoms with Crippen LogP contribution in [0.5, 0.6) is 0 Å². The molecular weight excluding hydrogens is 228 g/mol. The van der Waals surface area contributed by atoms with Crippen molar-refractivity contribution in [2.24, 2.45) is 5.73 Å². The Morgan fingerprint density at radius 2 is 2.00 bits per heavy atom. The third kappa shape index (κ3) is 2.24. The molecule has 1 heterocycles. The van der Waals surface area contributed by atoms with Gasteiger partial charge in [-0.15, -0.1) is 0 Å². The Hall–Kier alpha value is -1.81. The van der Waals surface area contributed by atoms with E-state index in [-0.39, 0.29) is 6.10 Å². The van der Waals surface area contributed by atoms with Crippen LogP contribution in [0.2, 0.25) is 0 Å². The third-order valence-corrected chi connectivity index (χ3v) is 2.92. The van der Waals surface area contributed by atoms with E-state index in [4.69, 9.17) is 10.5 Å². The molecule has 1 aromatic carbocycles. The molecule has 0 radical (unpaired) electrons. The lowest BCUT2D eigenvalue weighted by Gasteiger charge is -2.13. The first-order chi connectivity index (χ1) is 8.50. The molecular formula is C14H18N2O2. The summed E-state index contributed by atoms with van der Waals surface area (Å²) in [6.07, 6.45) is -0.159. The normalized spacial score (nSPS) is 12.9. The van der Waals surface area contributed by atoms with Crippen LogP contribution in [-0.2, 0) is 9.53 Å². The molecule has 0 spiro atoms. The minimum absolute atomic E-state index is 0.159. The SMILES string of the molecule is Cc1c(C(N)C(=O)OC(C)C)[nH]c2ccccc12. The molecule has 0 aliphatic carbocycles. The summed E-state index contributed by atoms with van der Waals surface area (Å²) in [6.45, 7) is 5.57. The third-order valence-electron chi connectivity index (χ3n) is 2.92. The van der Waals surface area contributed by atoms with Crippen molar-refractivity contribution < 1.29 is 9.53 Å². The number of aryl methyl sites for hydroxylation is 1. The molecule has 0 saturated heterocycles. The molecule has 1 aromatic heterocycles. The second kappa shape index (κ2) is 4.82. The maximum atomic E-state index is 11.8. The van der Waals surface area contributed by atoms with Gasteiger partial charge in [0.25, 0.3) is 0 Å². The fourth-order valence-corrected chi connectivity index (χ4v) is 2.04.